The number of thiophene rings is 1. The monoisotopic (exact) mass is 405 g/mol. The number of carbonyl (C=O) groups is 1. The molecule has 0 bridgehead atoms. The van der Waals surface area contributed by atoms with Gasteiger partial charge in [-0.05, 0) is 23.1 Å². The third-order valence-corrected chi connectivity index (χ3v) is 5.12. The summed E-state index contributed by atoms with van der Waals surface area (Å²) in [4.78, 5) is 23.3. The summed E-state index contributed by atoms with van der Waals surface area (Å²) in [7, 11) is 0. The van der Waals surface area contributed by atoms with E-state index in [1.807, 2.05) is 40.1 Å². The molecule has 4 heterocycles. The molecule has 1 aliphatic heterocycles. The SMILES string of the molecule is Cl.O=C(CCc1nc(-c2ccsc2)no1)N1CCNCC1c1cccnc1. The number of nitrogens with one attached hydrogen (secondary N) is 1. The van der Waals surface area contributed by atoms with Gasteiger partial charge in [0, 0.05) is 55.8 Å². The fourth-order valence-corrected chi connectivity index (χ4v) is 3.73. The average molecular weight is 406 g/mol. The second kappa shape index (κ2) is 9.07. The second-order valence-electron chi connectivity index (χ2n) is 6.12. The van der Waals surface area contributed by atoms with Crippen LogP contribution in [0.3, 0.4) is 0 Å². The van der Waals surface area contributed by atoms with Crippen molar-refractivity contribution in [2.75, 3.05) is 19.6 Å². The Balaban J connectivity index is 0.00000210. The number of aryl methyl sites for hydroxylation is 1. The molecule has 27 heavy (non-hydrogen) atoms. The first-order chi connectivity index (χ1) is 12.8. The standard InChI is InChI=1S/C18H19N5O2S.ClH/c24-17(4-3-16-21-18(22-25-16)14-5-9-26-12-14)23-8-7-20-11-15(23)13-2-1-6-19-10-13;/h1-2,5-6,9-10,12,15,20H,3-4,7-8,11H2;1H. The highest BCUT2D eigenvalue weighted by molar-refractivity contribution is 7.08. The third kappa shape index (κ3) is 4.52. The van der Waals surface area contributed by atoms with E-state index in [1.54, 1.807) is 17.5 Å². The Labute approximate surface area is 167 Å². The summed E-state index contributed by atoms with van der Waals surface area (Å²) in [5.41, 5.74) is 1.99. The van der Waals surface area contributed by atoms with Crippen molar-refractivity contribution >= 4 is 29.7 Å². The van der Waals surface area contributed by atoms with Gasteiger partial charge in [0.1, 0.15) is 0 Å². The summed E-state index contributed by atoms with van der Waals surface area (Å²) in [6.45, 7) is 2.22. The number of hydrogen-bond donors (Lipinski definition) is 1. The average Bonchev–Trinajstić information content (AvgIpc) is 3.38. The molecule has 0 radical (unpaired) electrons. The summed E-state index contributed by atoms with van der Waals surface area (Å²) in [5.74, 6) is 1.16. The number of hydrogen-bond acceptors (Lipinski definition) is 7. The van der Waals surface area contributed by atoms with Crippen LogP contribution in [0.1, 0.15) is 23.9 Å². The minimum absolute atomic E-state index is 0. The van der Waals surface area contributed by atoms with E-state index in [9.17, 15) is 4.79 Å². The largest absolute Gasteiger partial charge is 0.339 e. The van der Waals surface area contributed by atoms with Crippen LogP contribution in [0.2, 0.25) is 0 Å². The number of piperazine rings is 1. The first-order valence-electron chi connectivity index (χ1n) is 8.56. The molecule has 0 spiro atoms. The van der Waals surface area contributed by atoms with Crippen molar-refractivity contribution < 1.29 is 9.32 Å². The number of pyridine rings is 1. The van der Waals surface area contributed by atoms with E-state index in [4.69, 9.17) is 4.52 Å². The minimum atomic E-state index is 0. The van der Waals surface area contributed by atoms with E-state index >= 15 is 0 Å². The Morgan fingerprint density at radius 2 is 2.33 bits per heavy atom. The maximum absolute atomic E-state index is 12.8. The van der Waals surface area contributed by atoms with Crippen LogP contribution < -0.4 is 5.32 Å². The Bertz CT molecular complexity index is 856. The van der Waals surface area contributed by atoms with Gasteiger partial charge in [-0.3, -0.25) is 9.78 Å². The maximum Gasteiger partial charge on any atom is 0.227 e. The van der Waals surface area contributed by atoms with Crippen LogP contribution in [-0.2, 0) is 11.2 Å². The van der Waals surface area contributed by atoms with Gasteiger partial charge in [-0.15, -0.1) is 12.4 Å². The van der Waals surface area contributed by atoms with Crippen LogP contribution in [0.4, 0.5) is 0 Å². The predicted molar refractivity (Wildman–Crippen MR) is 105 cm³/mol. The Morgan fingerprint density at radius 1 is 1.41 bits per heavy atom. The van der Waals surface area contributed by atoms with Gasteiger partial charge in [-0.2, -0.15) is 16.3 Å². The van der Waals surface area contributed by atoms with E-state index in [0.29, 0.717) is 31.1 Å². The third-order valence-electron chi connectivity index (χ3n) is 4.43. The zero-order chi connectivity index (χ0) is 17.8. The van der Waals surface area contributed by atoms with E-state index in [2.05, 4.69) is 20.4 Å². The molecule has 1 fully saturated rings. The molecule has 142 valence electrons. The Morgan fingerprint density at radius 3 is 3.11 bits per heavy atom. The van der Waals surface area contributed by atoms with Crippen LogP contribution in [0.25, 0.3) is 11.4 Å². The van der Waals surface area contributed by atoms with Gasteiger partial charge in [-0.25, -0.2) is 0 Å². The van der Waals surface area contributed by atoms with Crippen molar-refractivity contribution in [1.29, 1.82) is 0 Å². The first-order valence-corrected chi connectivity index (χ1v) is 9.51. The fraction of sp³-hybridized carbons (Fsp3) is 0.333. The lowest BCUT2D eigenvalue weighted by Crippen LogP contribution is -2.48. The topological polar surface area (TPSA) is 84.2 Å². The van der Waals surface area contributed by atoms with Crippen LogP contribution in [0.15, 0.2) is 45.9 Å². The normalized spacial score (nSPS) is 16.7. The number of rotatable bonds is 5. The molecule has 0 saturated carbocycles. The van der Waals surface area contributed by atoms with E-state index in [1.165, 1.54) is 0 Å². The summed E-state index contributed by atoms with van der Waals surface area (Å²) < 4.78 is 5.29. The highest BCUT2D eigenvalue weighted by atomic mass is 35.5. The number of amides is 1. The van der Waals surface area contributed by atoms with Gasteiger partial charge in [0.2, 0.25) is 17.6 Å². The summed E-state index contributed by atoms with van der Waals surface area (Å²) in [6.07, 6.45) is 4.36. The molecule has 1 amide bonds. The van der Waals surface area contributed by atoms with Gasteiger partial charge < -0.3 is 14.7 Å². The summed E-state index contributed by atoms with van der Waals surface area (Å²) >= 11 is 1.59. The number of halogens is 1. The maximum atomic E-state index is 12.8. The Hall–Kier alpha value is -2.29. The lowest BCUT2D eigenvalue weighted by Gasteiger charge is -2.36. The number of carbonyl (C=O) groups excluding carboxylic acids is 1. The molecule has 1 unspecified atom stereocenters. The molecule has 7 nitrogen and oxygen atoms in total. The van der Waals surface area contributed by atoms with Gasteiger partial charge in [0.05, 0.1) is 6.04 Å². The molecule has 3 aromatic heterocycles. The highest BCUT2D eigenvalue weighted by Crippen LogP contribution is 2.23. The van der Waals surface area contributed by atoms with Crippen molar-refractivity contribution in [2.24, 2.45) is 0 Å². The van der Waals surface area contributed by atoms with Crippen molar-refractivity contribution in [3.63, 3.8) is 0 Å². The fourth-order valence-electron chi connectivity index (χ4n) is 3.10. The smallest absolute Gasteiger partial charge is 0.227 e. The number of nitrogens with zero attached hydrogens (tertiary/aromatic N) is 4. The molecule has 0 aliphatic carbocycles. The summed E-state index contributed by atoms with van der Waals surface area (Å²) in [5, 5.41) is 11.3. The predicted octanol–water partition coefficient (Wildman–Crippen LogP) is 2.72. The molecule has 1 aliphatic rings. The van der Waals surface area contributed by atoms with Crippen LogP contribution in [0, 0.1) is 0 Å². The highest BCUT2D eigenvalue weighted by Gasteiger charge is 2.28. The van der Waals surface area contributed by atoms with E-state index in [-0.39, 0.29) is 24.4 Å². The van der Waals surface area contributed by atoms with E-state index < -0.39 is 0 Å². The van der Waals surface area contributed by atoms with Crippen molar-refractivity contribution in [3.05, 3.63) is 52.8 Å². The molecule has 0 aromatic carbocycles. The molecule has 9 heteroatoms. The number of aromatic nitrogens is 3. The molecule has 1 atom stereocenters. The molecule has 3 aromatic rings. The van der Waals surface area contributed by atoms with Crippen molar-refractivity contribution in [3.8, 4) is 11.4 Å². The first kappa shape index (κ1) is 19.5. The van der Waals surface area contributed by atoms with Crippen LogP contribution in [0.5, 0.6) is 0 Å². The van der Waals surface area contributed by atoms with Crippen molar-refractivity contribution in [2.45, 2.75) is 18.9 Å². The molecule has 4 rings (SSSR count). The van der Waals surface area contributed by atoms with Gasteiger partial charge in [0.15, 0.2) is 0 Å². The molecule has 1 saturated heterocycles. The minimum Gasteiger partial charge on any atom is -0.339 e. The van der Waals surface area contributed by atoms with Crippen LogP contribution in [-0.4, -0.2) is 45.6 Å². The van der Waals surface area contributed by atoms with Crippen molar-refractivity contribution in [1.82, 2.24) is 25.3 Å². The second-order valence-corrected chi connectivity index (χ2v) is 6.90. The van der Waals surface area contributed by atoms with Crippen LogP contribution >= 0.6 is 23.7 Å². The summed E-state index contributed by atoms with van der Waals surface area (Å²) in [6, 6.07) is 5.87. The molecular weight excluding hydrogens is 386 g/mol. The zero-order valence-electron chi connectivity index (χ0n) is 14.6. The molecule has 1 N–H and O–H groups in total. The lowest BCUT2D eigenvalue weighted by atomic mass is 10.0. The van der Waals surface area contributed by atoms with Gasteiger partial charge >= 0.3 is 0 Å². The van der Waals surface area contributed by atoms with Gasteiger partial charge in [-0.1, -0.05) is 11.2 Å². The quantitative estimate of drug-likeness (QED) is 0.702. The Kier molecular flexibility index (Phi) is 6.54. The zero-order valence-corrected chi connectivity index (χ0v) is 16.2. The molecular formula is C18H20ClN5O2S. The lowest BCUT2D eigenvalue weighted by molar-refractivity contribution is -0.134. The van der Waals surface area contributed by atoms with E-state index in [0.717, 1.165) is 24.2 Å². The van der Waals surface area contributed by atoms with Gasteiger partial charge in [0.25, 0.3) is 0 Å².